The fourth-order valence-corrected chi connectivity index (χ4v) is 7.11. The summed E-state index contributed by atoms with van der Waals surface area (Å²) in [5.74, 6) is 2.29. The van der Waals surface area contributed by atoms with Crippen molar-refractivity contribution in [3.05, 3.63) is 83.8 Å². The van der Waals surface area contributed by atoms with Crippen LogP contribution in [0.1, 0.15) is 64.5 Å². The fourth-order valence-electron chi connectivity index (χ4n) is 5.94. The molecule has 1 aliphatic heterocycles. The third-order valence-electron chi connectivity index (χ3n) is 8.78. The van der Waals surface area contributed by atoms with E-state index in [0.717, 1.165) is 70.3 Å². The van der Waals surface area contributed by atoms with Gasteiger partial charge in [-0.1, -0.05) is 102 Å². The van der Waals surface area contributed by atoms with Crippen molar-refractivity contribution in [2.45, 2.75) is 86.9 Å². The van der Waals surface area contributed by atoms with Crippen LogP contribution in [0.4, 0.5) is 0 Å². The Balaban J connectivity index is 0.000000297. The summed E-state index contributed by atoms with van der Waals surface area (Å²) in [5.41, 5.74) is 6.53. The van der Waals surface area contributed by atoms with Gasteiger partial charge in [0.15, 0.2) is 5.78 Å². The van der Waals surface area contributed by atoms with Crippen LogP contribution in [0.5, 0.6) is 11.5 Å². The maximum atomic E-state index is 11.7. The normalized spacial score (nSPS) is 12.3. The first-order chi connectivity index (χ1) is 20.9. The summed E-state index contributed by atoms with van der Waals surface area (Å²) < 4.78 is 6.41. The van der Waals surface area contributed by atoms with Crippen LogP contribution in [0.2, 0.25) is 19.6 Å². The van der Waals surface area contributed by atoms with Gasteiger partial charge >= 0.3 is 0 Å². The Hall–Kier alpha value is -3.05. The molecule has 6 heteroatoms. The molecule has 4 nitrogen and oxygen atoms in total. The van der Waals surface area contributed by atoms with Gasteiger partial charge in [-0.05, 0) is 60.4 Å². The van der Waals surface area contributed by atoms with Crippen LogP contribution in [-0.4, -0.2) is 23.9 Å². The molecule has 0 saturated carbocycles. The van der Waals surface area contributed by atoms with Crippen molar-refractivity contribution in [2.75, 3.05) is 0 Å². The number of ketones is 1. The van der Waals surface area contributed by atoms with E-state index >= 15 is 0 Å². The van der Waals surface area contributed by atoms with Gasteiger partial charge < -0.3 is 14.8 Å². The van der Waals surface area contributed by atoms with E-state index < -0.39 is 8.07 Å². The number of carbonyl (C=O) groups excluding carboxylic acids is 1. The molecule has 45 heavy (non-hydrogen) atoms. The number of fused-ring (bicyclic) bond motifs is 2. The molecule has 2 heterocycles. The molecule has 1 N–H and O–H groups in total. The molecule has 241 valence electrons. The van der Waals surface area contributed by atoms with Crippen molar-refractivity contribution in [3.63, 3.8) is 0 Å². The number of nitrogens with zero attached hydrogens (tertiary/aromatic N) is 1. The van der Waals surface area contributed by atoms with Gasteiger partial charge in [-0.25, -0.2) is 0 Å². The van der Waals surface area contributed by atoms with Gasteiger partial charge in [-0.3, -0.25) is 4.79 Å². The van der Waals surface area contributed by atoms with E-state index in [1.54, 1.807) is 0 Å². The third-order valence-corrected chi connectivity index (χ3v) is 10.8. The second-order valence-corrected chi connectivity index (χ2v) is 18.1. The van der Waals surface area contributed by atoms with E-state index in [0.29, 0.717) is 0 Å². The number of pyridine rings is 1. The Bertz CT molecular complexity index is 1660. The summed E-state index contributed by atoms with van der Waals surface area (Å²) in [5, 5.41) is 13.5. The molecule has 0 amide bonds. The monoisotopic (exact) mass is 799 g/mol. The molecule has 1 aliphatic rings. The average Bonchev–Trinajstić information content (AvgIpc) is 2.99. The number of hydrogen-bond acceptors (Lipinski definition) is 4. The number of benzene rings is 3. The maximum Gasteiger partial charge on any atom is 0.162 e. The average molecular weight is 799 g/mol. The minimum Gasteiger partial charge on any atom is -0.512 e. The Morgan fingerprint density at radius 2 is 1.53 bits per heavy atom. The third kappa shape index (κ3) is 8.22. The largest absolute Gasteiger partial charge is 0.512 e. The molecule has 3 aromatic carbocycles. The molecular weight excluding hydrogens is 751 g/mol. The molecule has 0 aliphatic carbocycles. The zero-order chi connectivity index (χ0) is 32.2. The Morgan fingerprint density at radius 3 is 2.11 bits per heavy atom. The Labute approximate surface area is 284 Å². The van der Waals surface area contributed by atoms with E-state index in [1.165, 1.54) is 22.4 Å². The van der Waals surface area contributed by atoms with Crippen LogP contribution in [0.25, 0.3) is 33.2 Å². The molecule has 1 aromatic heterocycles. The molecule has 0 bridgehead atoms. The summed E-state index contributed by atoms with van der Waals surface area (Å²) in [6, 6.07) is 21.1. The van der Waals surface area contributed by atoms with Crippen LogP contribution in [0, 0.1) is 31.7 Å². The second kappa shape index (κ2) is 15.5. The number of carbonyl (C=O) groups is 1. The number of aromatic nitrogens is 1. The van der Waals surface area contributed by atoms with Crippen molar-refractivity contribution in [1.29, 1.82) is 0 Å². The maximum absolute atomic E-state index is 11.7. The molecule has 1 radical (unpaired) electrons. The quantitative estimate of drug-likeness (QED) is 0.0698. The van der Waals surface area contributed by atoms with Crippen molar-refractivity contribution >= 4 is 29.8 Å². The predicted molar refractivity (Wildman–Crippen MR) is 188 cm³/mol. The molecule has 0 spiro atoms. The van der Waals surface area contributed by atoms with Gasteiger partial charge in [0.25, 0.3) is 0 Å². The van der Waals surface area contributed by atoms with Crippen molar-refractivity contribution in [2.24, 2.45) is 11.8 Å². The smallest absolute Gasteiger partial charge is 0.162 e. The number of rotatable bonds is 9. The first-order valence-electron chi connectivity index (χ1n) is 16.1. The van der Waals surface area contributed by atoms with Crippen LogP contribution in [0.3, 0.4) is 0 Å². The SMILES string of the molecule is CCC(CC)C(=O)/C=C(\O)C(CC)CC.Cc1[c-]c2c(c(C)c1)Oc1cc(-c3ccc([Si](C)(C)C)cc3)cc3ccnc-2c13.[Ir]. The number of aliphatic hydroxyl groups excluding tert-OH is 1. The van der Waals surface area contributed by atoms with Gasteiger partial charge in [0.05, 0.1) is 13.8 Å². The first kappa shape index (κ1) is 36.4. The standard InChI is InChI=1S/C26H24NOSi.C13H24O2.Ir/c1-16-12-17(2)26-22(13-16)25-24-19(10-11-27-25)14-20(15-23(24)28-26)18-6-8-21(9-7-18)29(3,4)5;1-5-10(6-2)12(14)9-13(15)11(7-3)8-4;/h6-12,14-15H,1-5H3;9-11,14H,5-8H2,1-4H3;/q-1;;/b;12-9-;. The zero-order valence-corrected chi connectivity index (χ0v) is 31.7. The summed E-state index contributed by atoms with van der Waals surface area (Å²) in [6.45, 7) is 19.4. The van der Waals surface area contributed by atoms with Crippen LogP contribution < -0.4 is 9.92 Å². The summed E-state index contributed by atoms with van der Waals surface area (Å²) >= 11 is 0. The predicted octanol–water partition coefficient (Wildman–Crippen LogP) is 10.5. The first-order valence-corrected chi connectivity index (χ1v) is 19.6. The minimum absolute atomic E-state index is 0. The Kier molecular flexibility index (Phi) is 12.5. The van der Waals surface area contributed by atoms with E-state index in [2.05, 4.69) is 88.1 Å². The summed E-state index contributed by atoms with van der Waals surface area (Å²) in [7, 11) is -1.30. The molecule has 4 aromatic rings. The molecule has 0 saturated heterocycles. The van der Waals surface area contributed by atoms with E-state index in [9.17, 15) is 9.90 Å². The van der Waals surface area contributed by atoms with Crippen LogP contribution >= 0.6 is 0 Å². The molecule has 0 unspecified atom stereocenters. The van der Waals surface area contributed by atoms with Gasteiger partial charge in [0, 0.05) is 61.0 Å². The number of aryl methyl sites for hydroxylation is 2. The summed E-state index contributed by atoms with van der Waals surface area (Å²) in [4.78, 5) is 16.4. The summed E-state index contributed by atoms with van der Waals surface area (Å²) in [6.07, 6.45) is 6.80. The van der Waals surface area contributed by atoms with E-state index in [1.807, 2.05) is 33.9 Å². The number of ether oxygens (including phenoxy) is 1. The fraction of sp³-hybridized carbons (Fsp3) is 0.385. The van der Waals surface area contributed by atoms with Gasteiger partial charge in [-0.15, -0.1) is 17.7 Å². The number of aliphatic hydroxyl groups is 1. The molecule has 0 atom stereocenters. The topological polar surface area (TPSA) is 59.4 Å². The van der Waals surface area contributed by atoms with Crippen LogP contribution in [0.15, 0.2) is 66.6 Å². The van der Waals surface area contributed by atoms with Crippen molar-refractivity contribution in [1.82, 2.24) is 4.98 Å². The van der Waals surface area contributed by atoms with Crippen molar-refractivity contribution < 1.29 is 34.7 Å². The number of allylic oxidation sites excluding steroid dienone is 2. The molecule has 0 fully saturated rings. The van der Waals surface area contributed by atoms with E-state index in [-0.39, 0.29) is 43.5 Å². The second-order valence-electron chi connectivity index (χ2n) is 13.0. The zero-order valence-electron chi connectivity index (χ0n) is 28.3. The van der Waals surface area contributed by atoms with Gasteiger partial charge in [-0.2, -0.15) is 0 Å². The number of hydrogen-bond donors (Lipinski definition) is 1. The van der Waals surface area contributed by atoms with Gasteiger partial charge in [0.1, 0.15) is 5.75 Å². The molecule has 5 rings (SSSR count). The van der Waals surface area contributed by atoms with Gasteiger partial charge in [0.2, 0.25) is 0 Å². The van der Waals surface area contributed by atoms with E-state index in [4.69, 9.17) is 9.72 Å². The Morgan fingerprint density at radius 1 is 0.911 bits per heavy atom. The minimum atomic E-state index is -1.30. The van der Waals surface area contributed by atoms with Crippen molar-refractivity contribution in [3.8, 4) is 33.9 Å². The molecular formula is C39H48IrNO3Si-. The van der Waals surface area contributed by atoms with Crippen LogP contribution in [-0.2, 0) is 24.9 Å².